The van der Waals surface area contributed by atoms with Crippen LogP contribution < -0.4 is 5.32 Å². The maximum Gasteiger partial charge on any atom is 0.253 e. The average Bonchev–Trinajstić information content (AvgIpc) is 3.09. The van der Waals surface area contributed by atoms with Crippen molar-refractivity contribution in [2.24, 2.45) is 0 Å². The van der Waals surface area contributed by atoms with Gasteiger partial charge < -0.3 is 9.88 Å². The molecule has 3 rings (SSSR count). The first-order valence-corrected chi connectivity index (χ1v) is 7.81. The number of hydrogen-bond acceptors (Lipinski definition) is 1. The summed E-state index contributed by atoms with van der Waals surface area (Å²) in [4.78, 5) is 12.3. The molecule has 0 radical (unpaired) electrons. The molecule has 0 saturated carbocycles. The molecule has 116 valence electrons. The van der Waals surface area contributed by atoms with Crippen molar-refractivity contribution in [1.29, 1.82) is 0 Å². The lowest BCUT2D eigenvalue weighted by molar-refractivity contribution is 0.0940. The molecule has 0 saturated heterocycles. The number of aromatic nitrogens is 1. The second-order valence-corrected chi connectivity index (χ2v) is 5.76. The van der Waals surface area contributed by atoms with E-state index in [1.165, 1.54) is 0 Å². The number of hydrogen-bond donors (Lipinski definition) is 1. The van der Waals surface area contributed by atoms with E-state index in [0.717, 1.165) is 11.3 Å². The summed E-state index contributed by atoms with van der Waals surface area (Å²) >= 11 is 6.06. The van der Waals surface area contributed by atoms with Crippen molar-refractivity contribution in [3.05, 3.63) is 89.2 Å². The molecule has 0 aliphatic heterocycles. The zero-order chi connectivity index (χ0) is 16.2. The Balaban J connectivity index is 1.72. The number of amides is 1. The molecule has 1 N–H and O–H groups in total. The highest BCUT2D eigenvalue weighted by Gasteiger charge is 2.13. The molecule has 3 aromatic rings. The van der Waals surface area contributed by atoms with Crippen LogP contribution >= 0.6 is 11.6 Å². The highest BCUT2D eigenvalue weighted by atomic mass is 35.5. The van der Waals surface area contributed by atoms with Crippen molar-refractivity contribution >= 4 is 17.5 Å². The third-order valence-corrected chi connectivity index (χ3v) is 4.09. The summed E-state index contributed by atoms with van der Waals surface area (Å²) in [5.74, 6) is -0.169. The smallest absolute Gasteiger partial charge is 0.253 e. The van der Waals surface area contributed by atoms with Gasteiger partial charge in [0, 0.05) is 18.1 Å². The summed E-state index contributed by atoms with van der Waals surface area (Å²) in [7, 11) is 0. The minimum Gasteiger partial charge on any atom is -0.345 e. The largest absolute Gasteiger partial charge is 0.345 e. The van der Waals surface area contributed by atoms with Gasteiger partial charge in [-0.05, 0) is 48.9 Å². The zero-order valence-electron chi connectivity index (χ0n) is 12.7. The predicted octanol–water partition coefficient (Wildman–Crippen LogP) is 4.62. The molecular formula is C19H17ClN2O. The molecular weight excluding hydrogens is 308 g/mol. The van der Waals surface area contributed by atoms with Gasteiger partial charge in [0.25, 0.3) is 5.91 Å². The molecule has 1 unspecified atom stereocenters. The monoisotopic (exact) mass is 324 g/mol. The Morgan fingerprint density at radius 2 is 1.65 bits per heavy atom. The van der Waals surface area contributed by atoms with Gasteiger partial charge in [0.15, 0.2) is 0 Å². The van der Waals surface area contributed by atoms with E-state index in [9.17, 15) is 4.79 Å². The topological polar surface area (TPSA) is 34.0 Å². The molecule has 1 heterocycles. The first-order valence-electron chi connectivity index (χ1n) is 7.44. The van der Waals surface area contributed by atoms with E-state index in [2.05, 4.69) is 5.32 Å². The number of carbonyl (C=O) groups excluding carboxylic acids is 1. The first-order chi connectivity index (χ1) is 11.1. The Morgan fingerprint density at radius 3 is 2.30 bits per heavy atom. The summed E-state index contributed by atoms with van der Waals surface area (Å²) in [5.41, 5.74) is 2.62. The Kier molecular flexibility index (Phi) is 4.49. The van der Waals surface area contributed by atoms with Gasteiger partial charge in [-0.2, -0.15) is 0 Å². The molecule has 0 aliphatic rings. The summed E-state index contributed by atoms with van der Waals surface area (Å²) in [6, 6.07) is 19.0. The van der Waals surface area contributed by atoms with Crippen LogP contribution in [-0.2, 0) is 0 Å². The minimum absolute atomic E-state index is 0.0996. The van der Waals surface area contributed by atoms with Gasteiger partial charge in [0.05, 0.1) is 16.6 Å². The Hall–Kier alpha value is -2.52. The van der Waals surface area contributed by atoms with Crippen molar-refractivity contribution in [1.82, 2.24) is 9.88 Å². The third-order valence-electron chi connectivity index (χ3n) is 3.76. The number of nitrogens with one attached hydrogen (secondary N) is 1. The number of carbonyl (C=O) groups is 1. The lowest BCUT2D eigenvalue weighted by atomic mass is 10.1. The third kappa shape index (κ3) is 3.46. The Morgan fingerprint density at radius 1 is 1.00 bits per heavy atom. The lowest BCUT2D eigenvalue weighted by Crippen LogP contribution is -2.26. The quantitative estimate of drug-likeness (QED) is 0.746. The van der Waals surface area contributed by atoms with Crippen molar-refractivity contribution < 1.29 is 4.79 Å². The van der Waals surface area contributed by atoms with E-state index in [1.54, 1.807) is 18.2 Å². The van der Waals surface area contributed by atoms with Crippen LogP contribution in [0.4, 0.5) is 0 Å². The highest BCUT2D eigenvalue weighted by Crippen LogP contribution is 2.19. The molecule has 0 fully saturated rings. The van der Waals surface area contributed by atoms with E-state index in [1.807, 2.05) is 66.3 Å². The molecule has 0 spiro atoms. The number of nitrogens with zero attached hydrogens (tertiary/aromatic N) is 1. The van der Waals surface area contributed by atoms with Gasteiger partial charge >= 0.3 is 0 Å². The maximum atomic E-state index is 12.3. The van der Waals surface area contributed by atoms with Crippen molar-refractivity contribution in [3.63, 3.8) is 0 Å². The van der Waals surface area contributed by atoms with Gasteiger partial charge in [-0.1, -0.05) is 35.9 Å². The van der Waals surface area contributed by atoms with Crippen LogP contribution in [0.1, 0.15) is 28.9 Å². The van der Waals surface area contributed by atoms with Gasteiger partial charge in [-0.3, -0.25) is 4.79 Å². The van der Waals surface area contributed by atoms with Crippen molar-refractivity contribution in [2.75, 3.05) is 0 Å². The molecule has 1 atom stereocenters. The van der Waals surface area contributed by atoms with Crippen molar-refractivity contribution in [2.45, 2.75) is 13.0 Å². The van der Waals surface area contributed by atoms with E-state index in [0.29, 0.717) is 10.6 Å². The second-order valence-electron chi connectivity index (χ2n) is 5.36. The van der Waals surface area contributed by atoms with Crippen LogP contribution in [0.25, 0.3) is 5.69 Å². The van der Waals surface area contributed by atoms with Gasteiger partial charge in [0.1, 0.15) is 0 Å². The van der Waals surface area contributed by atoms with Crippen LogP contribution in [0.2, 0.25) is 5.02 Å². The fraction of sp³-hybridized carbons (Fsp3) is 0.105. The highest BCUT2D eigenvalue weighted by molar-refractivity contribution is 6.33. The van der Waals surface area contributed by atoms with E-state index in [4.69, 9.17) is 11.6 Å². The van der Waals surface area contributed by atoms with E-state index < -0.39 is 0 Å². The number of halogens is 1. The summed E-state index contributed by atoms with van der Waals surface area (Å²) in [6.07, 6.45) is 4.00. The Bertz CT molecular complexity index is 795. The lowest BCUT2D eigenvalue weighted by Gasteiger charge is -2.15. The average molecular weight is 325 g/mol. The van der Waals surface area contributed by atoms with E-state index >= 15 is 0 Å². The molecule has 1 aromatic heterocycles. The van der Waals surface area contributed by atoms with Crippen LogP contribution in [-0.4, -0.2) is 10.5 Å². The summed E-state index contributed by atoms with van der Waals surface area (Å²) < 4.78 is 2.04. The van der Waals surface area contributed by atoms with Crippen molar-refractivity contribution in [3.8, 4) is 5.69 Å². The normalized spacial score (nSPS) is 11.9. The first kappa shape index (κ1) is 15.4. The number of rotatable bonds is 4. The van der Waals surface area contributed by atoms with Crippen LogP contribution in [0, 0.1) is 0 Å². The molecule has 0 aliphatic carbocycles. The molecule has 2 aromatic carbocycles. The minimum atomic E-state index is -0.169. The van der Waals surface area contributed by atoms with Crippen LogP contribution in [0.3, 0.4) is 0 Å². The van der Waals surface area contributed by atoms with Crippen LogP contribution in [0.15, 0.2) is 73.1 Å². The molecule has 0 bridgehead atoms. The molecule has 4 heteroatoms. The SMILES string of the molecule is CC(NC(=O)c1ccccc1Cl)c1ccc(-n2cccc2)cc1. The van der Waals surface area contributed by atoms with E-state index in [-0.39, 0.29) is 11.9 Å². The second kappa shape index (κ2) is 6.71. The summed E-state index contributed by atoms with van der Waals surface area (Å²) in [6.45, 7) is 1.96. The molecule has 3 nitrogen and oxygen atoms in total. The predicted molar refractivity (Wildman–Crippen MR) is 93.1 cm³/mol. The standard InChI is InChI=1S/C19H17ClN2O/c1-14(21-19(23)17-6-2-3-7-18(17)20)15-8-10-16(11-9-15)22-12-4-5-13-22/h2-14H,1H3,(H,21,23). The van der Waals surface area contributed by atoms with Gasteiger partial charge in [0.2, 0.25) is 0 Å². The number of benzene rings is 2. The van der Waals surface area contributed by atoms with Gasteiger partial charge in [-0.25, -0.2) is 0 Å². The zero-order valence-corrected chi connectivity index (χ0v) is 13.5. The Labute approximate surface area is 140 Å². The fourth-order valence-corrected chi connectivity index (χ4v) is 2.67. The maximum absolute atomic E-state index is 12.3. The fourth-order valence-electron chi connectivity index (χ4n) is 2.44. The van der Waals surface area contributed by atoms with Crippen LogP contribution in [0.5, 0.6) is 0 Å². The molecule has 23 heavy (non-hydrogen) atoms. The molecule has 1 amide bonds. The van der Waals surface area contributed by atoms with Gasteiger partial charge in [-0.15, -0.1) is 0 Å². The summed E-state index contributed by atoms with van der Waals surface area (Å²) in [5, 5.41) is 3.44.